The van der Waals surface area contributed by atoms with Crippen molar-refractivity contribution in [3.05, 3.63) is 60.2 Å². The summed E-state index contributed by atoms with van der Waals surface area (Å²) >= 11 is 0. The average molecular weight is 372 g/mol. The standard InChI is InChI=1S/C22H24N6/c1-2-8-17(9-3-1)14-26-15-23-20-25-22(12-6-7-13-22)28-19-11-5-4-10-18(19)24-21(28)27(20)16-26/h1-5,8-11H,6-7,12-16H2,(H,23,25). The molecule has 6 rings (SSSR count). The Morgan fingerprint density at radius 3 is 2.61 bits per heavy atom. The van der Waals surface area contributed by atoms with Gasteiger partial charge in [-0.15, -0.1) is 0 Å². The Balaban J connectivity index is 1.42. The molecule has 1 fully saturated rings. The van der Waals surface area contributed by atoms with Gasteiger partial charge in [0.2, 0.25) is 11.9 Å². The second-order valence-corrected chi connectivity index (χ2v) is 8.11. The van der Waals surface area contributed by atoms with Gasteiger partial charge in [0.1, 0.15) is 5.66 Å². The minimum absolute atomic E-state index is 0.0810. The van der Waals surface area contributed by atoms with E-state index in [9.17, 15) is 0 Å². The van der Waals surface area contributed by atoms with Gasteiger partial charge in [-0.2, -0.15) is 0 Å². The van der Waals surface area contributed by atoms with E-state index in [1.54, 1.807) is 0 Å². The number of hydrogen-bond acceptors (Lipinski definition) is 5. The zero-order valence-electron chi connectivity index (χ0n) is 15.9. The van der Waals surface area contributed by atoms with Crippen LogP contribution in [-0.2, 0) is 12.2 Å². The third kappa shape index (κ3) is 2.37. The molecule has 142 valence electrons. The fourth-order valence-electron chi connectivity index (χ4n) is 4.96. The van der Waals surface area contributed by atoms with Crippen molar-refractivity contribution < 1.29 is 0 Å². The van der Waals surface area contributed by atoms with Gasteiger partial charge in [-0.1, -0.05) is 42.5 Å². The van der Waals surface area contributed by atoms with Gasteiger partial charge in [0, 0.05) is 6.54 Å². The van der Waals surface area contributed by atoms with E-state index >= 15 is 0 Å². The average Bonchev–Trinajstić information content (AvgIpc) is 3.35. The molecule has 0 saturated heterocycles. The largest absolute Gasteiger partial charge is 0.333 e. The van der Waals surface area contributed by atoms with Crippen molar-refractivity contribution in [3.63, 3.8) is 0 Å². The highest BCUT2D eigenvalue weighted by Crippen LogP contribution is 2.43. The molecular weight excluding hydrogens is 348 g/mol. The Morgan fingerprint density at radius 1 is 0.964 bits per heavy atom. The van der Waals surface area contributed by atoms with Crippen molar-refractivity contribution in [3.8, 4) is 0 Å². The summed E-state index contributed by atoms with van der Waals surface area (Å²) in [6.07, 6.45) is 4.74. The molecule has 2 aromatic carbocycles. The number of para-hydroxylation sites is 2. The summed E-state index contributed by atoms with van der Waals surface area (Å²) in [6.45, 7) is 2.39. The number of nitrogens with one attached hydrogen (secondary N) is 1. The van der Waals surface area contributed by atoms with Gasteiger partial charge in [-0.25, -0.2) is 9.98 Å². The Morgan fingerprint density at radius 2 is 1.75 bits per heavy atom. The lowest BCUT2D eigenvalue weighted by Gasteiger charge is -2.46. The summed E-state index contributed by atoms with van der Waals surface area (Å²) in [5.41, 5.74) is 3.51. The van der Waals surface area contributed by atoms with Crippen molar-refractivity contribution in [2.24, 2.45) is 4.99 Å². The molecule has 6 nitrogen and oxygen atoms in total. The monoisotopic (exact) mass is 372 g/mol. The summed E-state index contributed by atoms with van der Waals surface area (Å²) in [4.78, 5) is 14.6. The molecule has 0 radical (unpaired) electrons. The van der Waals surface area contributed by atoms with Gasteiger partial charge in [0.25, 0.3) is 0 Å². The van der Waals surface area contributed by atoms with Crippen LogP contribution in [-0.4, -0.2) is 33.7 Å². The van der Waals surface area contributed by atoms with E-state index in [4.69, 9.17) is 9.98 Å². The molecule has 0 atom stereocenters. The molecule has 0 amide bonds. The first-order valence-electron chi connectivity index (χ1n) is 10.2. The highest BCUT2D eigenvalue weighted by molar-refractivity contribution is 5.99. The normalized spacial score (nSPS) is 20.7. The first-order valence-corrected chi connectivity index (χ1v) is 10.2. The lowest BCUT2D eigenvalue weighted by atomic mass is 10.1. The number of anilines is 1. The highest BCUT2D eigenvalue weighted by atomic mass is 15.6. The zero-order chi connectivity index (χ0) is 18.6. The molecule has 3 aromatic rings. The van der Waals surface area contributed by atoms with Crippen molar-refractivity contribution in [2.75, 3.05) is 18.2 Å². The molecule has 3 aliphatic rings. The van der Waals surface area contributed by atoms with Gasteiger partial charge in [-0.05, 0) is 43.4 Å². The number of rotatable bonds is 2. The number of benzene rings is 2. The van der Waals surface area contributed by atoms with E-state index in [-0.39, 0.29) is 5.66 Å². The third-order valence-corrected chi connectivity index (χ3v) is 6.25. The van der Waals surface area contributed by atoms with Gasteiger partial charge in [-0.3, -0.25) is 14.4 Å². The maximum atomic E-state index is 5.04. The molecule has 1 aliphatic carbocycles. The quantitative estimate of drug-likeness (QED) is 0.748. The van der Waals surface area contributed by atoms with Crippen LogP contribution in [0.3, 0.4) is 0 Å². The van der Waals surface area contributed by atoms with Crippen LogP contribution in [0.25, 0.3) is 11.0 Å². The van der Waals surface area contributed by atoms with Crippen LogP contribution in [0.15, 0.2) is 59.6 Å². The minimum atomic E-state index is -0.0810. The minimum Gasteiger partial charge on any atom is -0.333 e. The maximum Gasteiger partial charge on any atom is 0.216 e. The second kappa shape index (κ2) is 6.07. The first kappa shape index (κ1) is 16.1. The lowest BCUT2D eigenvalue weighted by Crippen LogP contribution is -2.63. The van der Waals surface area contributed by atoms with Gasteiger partial charge >= 0.3 is 0 Å². The Labute approximate surface area is 164 Å². The van der Waals surface area contributed by atoms with Crippen molar-refractivity contribution in [1.82, 2.24) is 19.8 Å². The second-order valence-electron chi connectivity index (χ2n) is 8.11. The first-order chi connectivity index (χ1) is 13.8. The Hall–Kier alpha value is -2.86. The third-order valence-electron chi connectivity index (χ3n) is 6.25. The summed E-state index contributed by atoms with van der Waals surface area (Å²) in [7, 11) is 0. The fourth-order valence-corrected chi connectivity index (χ4v) is 4.96. The molecule has 1 N–H and O–H groups in total. The fraction of sp³-hybridized carbons (Fsp3) is 0.364. The van der Waals surface area contributed by atoms with Gasteiger partial charge in [0.05, 0.1) is 24.4 Å². The molecule has 2 aliphatic heterocycles. The van der Waals surface area contributed by atoms with Crippen LogP contribution in [0.1, 0.15) is 31.2 Å². The molecule has 6 heteroatoms. The molecule has 0 bridgehead atoms. The van der Waals surface area contributed by atoms with Crippen LogP contribution < -0.4 is 10.2 Å². The predicted molar refractivity (Wildman–Crippen MR) is 111 cm³/mol. The molecule has 3 heterocycles. The topological polar surface area (TPSA) is 48.7 Å². The van der Waals surface area contributed by atoms with E-state index in [1.165, 1.54) is 23.9 Å². The number of imidazole rings is 1. The summed E-state index contributed by atoms with van der Waals surface area (Å²) in [5.74, 6) is 2.01. The van der Waals surface area contributed by atoms with Crippen LogP contribution in [0.2, 0.25) is 0 Å². The van der Waals surface area contributed by atoms with Crippen molar-refractivity contribution >= 4 is 22.9 Å². The van der Waals surface area contributed by atoms with E-state index < -0.39 is 0 Å². The Bertz CT molecular complexity index is 1050. The summed E-state index contributed by atoms with van der Waals surface area (Å²) < 4.78 is 2.44. The summed E-state index contributed by atoms with van der Waals surface area (Å²) in [5, 5.41) is 3.82. The number of aliphatic imine (C=N–C) groups is 1. The summed E-state index contributed by atoms with van der Waals surface area (Å²) in [6, 6.07) is 19.1. The zero-order valence-corrected chi connectivity index (χ0v) is 15.9. The van der Waals surface area contributed by atoms with Crippen LogP contribution >= 0.6 is 0 Å². The lowest BCUT2D eigenvalue weighted by molar-refractivity contribution is 0.226. The Kier molecular flexibility index (Phi) is 3.50. The predicted octanol–water partition coefficient (Wildman–Crippen LogP) is 3.46. The number of aromatic nitrogens is 2. The smallest absolute Gasteiger partial charge is 0.216 e. The number of fused-ring (bicyclic) bond motifs is 6. The molecular formula is C22H24N6. The molecule has 0 unspecified atom stereocenters. The SMILES string of the molecule is c1ccc(CN2CN=C3NC4(CCCC4)n4c(nc5ccccc54)N3C2)cc1. The molecule has 1 saturated carbocycles. The number of guanidine groups is 1. The van der Waals surface area contributed by atoms with Gasteiger partial charge in [0.15, 0.2) is 0 Å². The van der Waals surface area contributed by atoms with E-state index in [0.29, 0.717) is 6.67 Å². The highest BCUT2D eigenvalue weighted by Gasteiger charge is 2.46. The van der Waals surface area contributed by atoms with E-state index in [1.807, 2.05) is 0 Å². The molecule has 1 aromatic heterocycles. The number of hydrogen-bond donors (Lipinski definition) is 1. The van der Waals surface area contributed by atoms with Crippen LogP contribution in [0, 0.1) is 0 Å². The van der Waals surface area contributed by atoms with E-state index in [0.717, 1.165) is 43.5 Å². The van der Waals surface area contributed by atoms with Crippen LogP contribution in [0.5, 0.6) is 0 Å². The van der Waals surface area contributed by atoms with Crippen molar-refractivity contribution in [2.45, 2.75) is 37.9 Å². The van der Waals surface area contributed by atoms with Crippen LogP contribution in [0.4, 0.5) is 5.95 Å². The van der Waals surface area contributed by atoms with Gasteiger partial charge < -0.3 is 5.32 Å². The van der Waals surface area contributed by atoms with E-state index in [2.05, 4.69) is 74.3 Å². The van der Waals surface area contributed by atoms with Crippen molar-refractivity contribution in [1.29, 1.82) is 0 Å². The molecule has 28 heavy (non-hydrogen) atoms. The maximum absolute atomic E-state index is 5.04. The molecule has 1 spiro atoms. The number of nitrogens with zero attached hydrogens (tertiary/aromatic N) is 5.